The zero-order chi connectivity index (χ0) is 14.1. The summed E-state index contributed by atoms with van der Waals surface area (Å²) in [7, 11) is 0. The maximum atomic E-state index is 6.00. The number of aromatic nitrogens is 1. The summed E-state index contributed by atoms with van der Waals surface area (Å²) in [5.41, 5.74) is 9.56. The highest BCUT2D eigenvalue weighted by molar-refractivity contribution is 5.85. The van der Waals surface area contributed by atoms with Crippen molar-refractivity contribution in [2.75, 3.05) is 5.73 Å². The second-order valence-electron chi connectivity index (χ2n) is 4.92. The molecule has 0 aliphatic carbocycles. The summed E-state index contributed by atoms with van der Waals surface area (Å²) in [6, 6.07) is 15.7. The van der Waals surface area contributed by atoms with Gasteiger partial charge in [0.25, 0.3) is 0 Å². The minimum Gasteiger partial charge on any atom is -0.453 e. The van der Waals surface area contributed by atoms with Gasteiger partial charge in [-0.2, -0.15) is 0 Å². The Labute approximate surface area is 118 Å². The molecule has 3 rings (SSSR count). The fourth-order valence-electron chi connectivity index (χ4n) is 2.18. The SMILES string of the molecule is Cc1ccc(Oc2cccc3ccc(C)nc23)c(N)c1. The molecule has 2 N–H and O–H groups in total. The van der Waals surface area contributed by atoms with Crippen LogP contribution < -0.4 is 10.5 Å². The van der Waals surface area contributed by atoms with Crippen LogP contribution in [0.4, 0.5) is 5.69 Å². The van der Waals surface area contributed by atoms with Crippen LogP contribution in [0.1, 0.15) is 11.3 Å². The van der Waals surface area contributed by atoms with Crippen molar-refractivity contribution in [3.05, 3.63) is 59.8 Å². The first-order valence-corrected chi connectivity index (χ1v) is 6.54. The van der Waals surface area contributed by atoms with Gasteiger partial charge in [-0.05, 0) is 43.7 Å². The largest absolute Gasteiger partial charge is 0.453 e. The number of para-hydroxylation sites is 1. The Balaban J connectivity index is 2.08. The number of nitrogens with two attached hydrogens (primary N) is 1. The molecule has 0 saturated heterocycles. The van der Waals surface area contributed by atoms with Gasteiger partial charge in [0.2, 0.25) is 0 Å². The van der Waals surface area contributed by atoms with Crippen LogP contribution in [0.3, 0.4) is 0 Å². The van der Waals surface area contributed by atoms with Crippen molar-refractivity contribution in [2.24, 2.45) is 0 Å². The maximum absolute atomic E-state index is 6.00. The Morgan fingerprint density at radius 3 is 2.60 bits per heavy atom. The lowest BCUT2D eigenvalue weighted by Gasteiger charge is -2.11. The molecule has 20 heavy (non-hydrogen) atoms. The number of hydrogen-bond acceptors (Lipinski definition) is 3. The van der Waals surface area contributed by atoms with Crippen molar-refractivity contribution in [2.45, 2.75) is 13.8 Å². The number of pyridine rings is 1. The molecule has 3 aromatic rings. The fraction of sp³-hybridized carbons (Fsp3) is 0.118. The monoisotopic (exact) mass is 264 g/mol. The first-order valence-electron chi connectivity index (χ1n) is 6.54. The zero-order valence-corrected chi connectivity index (χ0v) is 11.6. The first-order chi connectivity index (χ1) is 9.63. The number of aryl methyl sites for hydroxylation is 2. The van der Waals surface area contributed by atoms with Crippen LogP contribution in [-0.4, -0.2) is 4.98 Å². The van der Waals surface area contributed by atoms with Crippen LogP contribution >= 0.6 is 0 Å². The topological polar surface area (TPSA) is 48.1 Å². The van der Waals surface area contributed by atoms with Crippen molar-refractivity contribution in [1.82, 2.24) is 4.98 Å². The molecule has 2 aromatic carbocycles. The lowest BCUT2D eigenvalue weighted by atomic mass is 10.2. The number of rotatable bonds is 2. The lowest BCUT2D eigenvalue weighted by molar-refractivity contribution is 0.489. The molecule has 1 heterocycles. The molecule has 0 bridgehead atoms. The molecule has 0 aliphatic rings. The van der Waals surface area contributed by atoms with Gasteiger partial charge in [0.05, 0.1) is 5.69 Å². The second kappa shape index (κ2) is 4.85. The first kappa shape index (κ1) is 12.5. The van der Waals surface area contributed by atoms with Gasteiger partial charge >= 0.3 is 0 Å². The van der Waals surface area contributed by atoms with Crippen molar-refractivity contribution >= 4 is 16.6 Å². The van der Waals surface area contributed by atoms with E-state index in [4.69, 9.17) is 10.5 Å². The van der Waals surface area contributed by atoms with Crippen molar-refractivity contribution in [1.29, 1.82) is 0 Å². The highest BCUT2D eigenvalue weighted by Crippen LogP contribution is 2.32. The predicted molar refractivity (Wildman–Crippen MR) is 82.1 cm³/mol. The van der Waals surface area contributed by atoms with E-state index in [1.807, 2.05) is 62.4 Å². The summed E-state index contributed by atoms with van der Waals surface area (Å²) >= 11 is 0. The van der Waals surface area contributed by atoms with Crippen LogP contribution in [0, 0.1) is 13.8 Å². The molecule has 0 amide bonds. The number of hydrogen-bond donors (Lipinski definition) is 1. The van der Waals surface area contributed by atoms with Crippen LogP contribution in [0.25, 0.3) is 10.9 Å². The molecule has 100 valence electrons. The molecule has 0 radical (unpaired) electrons. The van der Waals surface area contributed by atoms with E-state index in [1.54, 1.807) is 0 Å². The Bertz CT molecular complexity index is 781. The van der Waals surface area contributed by atoms with Gasteiger partial charge in [0.15, 0.2) is 5.75 Å². The summed E-state index contributed by atoms with van der Waals surface area (Å²) in [6.07, 6.45) is 0. The molecule has 0 spiro atoms. The van der Waals surface area contributed by atoms with Gasteiger partial charge in [-0.1, -0.05) is 24.3 Å². The Kier molecular flexibility index (Phi) is 3.03. The highest BCUT2D eigenvalue weighted by atomic mass is 16.5. The maximum Gasteiger partial charge on any atom is 0.153 e. The lowest BCUT2D eigenvalue weighted by Crippen LogP contribution is -1.94. The van der Waals surface area contributed by atoms with Crippen molar-refractivity contribution in [3.63, 3.8) is 0 Å². The molecular weight excluding hydrogens is 248 g/mol. The molecule has 0 aliphatic heterocycles. The van der Waals surface area contributed by atoms with Crippen LogP contribution in [-0.2, 0) is 0 Å². The molecule has 0 saturated carbocycles. The zero-order valence-electron chi connectivity index (χ0n) is 11.6. The summed E-state index contributed by atoms with van der Waals surface area (Å²) in [4.78, 5) is 4.55. The van der Waals surface area contributed by atoms with E-state index in [0.29, 0.717) is 11.4 Å². The number of benzene rings is 2. The third-order valence-corrected chi connectivity index (χ3v) is 3.21. The third kappa shape index (κ3) is 2.30. The van der Waals surface area contributed by atoms with Gasteiger partial charge in [-0.25, -0.2) is 4.98 Å². The summed E-state index contributed by atoms with van der Waals surface area (Å²) in [6.45, 7) is 3.97. The van der Waals surface area contributed by atoms with E-state index in [1.165, 1.54) is 0 Å². The van der Waals surface area contributed by atoms with Gasteiger partial charge in [0, 0.05) is 11.1 Å². The highest BCUT2D eigenvalue weighted by Gasteiger charge is 2.07. The van der Waals surface area contributed by atoms with E-state index >= 15 is 0 Å². The second-order valence-corrected chi connectivity index (χ2v) is 4.92. The Morgan fingerprint density at radius 1 is 0.950 bits per heavy atom. The number of nitrogen functional groups attached to an aromatic ring is 1. The van der Waals surface area contributed by atoms with Crippen LogP contribution in [0.2, 0.25) is 0 Å². The van der Waals surface area contributed by atoms with Crippen molar-refractivity contribution in [3.8, 4) is 11.5 Å². The Hall–Kier alpha value is -2.55. The summed E-state index contributed by atoms with van der Waals surface area (Å²) in [5.74, 6) is 1.38. The number of fused-ring (bicyclic) bond motifs is 1. The number of nitrogens with zero attached hydrogens (tertiary/aromatic N) is 1. The molecule has 3 heteroatoms. The average molecular weight is 264 g/mol. The van der Waals surface area contributed by atoms with Crippen LogP contribution in [0.15, 0.2) is 48.5 Å². The van der Waals surface area contributed by atoms with E-state index in [2.05, 4.69) is 4.98 Å². The summed E-state index contributed by atoms with van der Waals surface area (Å²) < 4.78 is 5.94. The smallest absolute Gasteiger partial charge is 0.153 e. The van der Waals surface area contributed by atoms with Gasteiger partial charge in [-0.15, -0.1) is 0 Å². The average Bonchev–Trinajstić information content (AvgIpc) is 2.42. The van der Waals surface area contributed by atoms with E-state index in [9.17, 15) is 0 Å². The Morgan fingerprint density at radius 2 is 1.80 bits per heavy atom. The van der Waals surface area contributed by atoms with Gasteiger partial charge in [-0.3, -0.25) is 0 Å². The molecule has 0 atom stereocenters. The quantitative estimate of drug-likeness (QED) is 0.705. The van der Waals surface area contributed by atoms with Gasteiger partial charge < -0.3 is 10.5 Å². The normalized spacial score (nSPS) is 10.7. The molecule has 1 aromatic heterocycles. The van der Waals surface area contributed by atoms with E-state index in [-0.39, 0.29) is 0 Å². The summed E-state index contributed by atoms with van der Waals surface area (Å²) in [5, 5.41) is 1.05. The molecule has 0 unspecified atom stereocenters. The van der Waals surface area contributed by atoms with Gasteiger partial charge in [0.1, 0.15) is 11.3 Å². The minimum absolute atomic E-state index is 0.634. The standard InChI is InChI=1S/C17H16N2O/c1-11-6-9-15(14(18)10-11)20-16-5-3-4-13-8-7-12(2)19-17(13)16/h3-10H,18H2,1-2H3. The third-order valence-electron chi connectivity index (χ3n) is 3.21. The predicted octanol–water partition coefficient (Wildman–Crippen LogP) is 4.23. The van der Waals surface area contributed by atoms with E-state index in [0.717, 1.165) is 27.9 Å². The molecule has 0 fully saturated rings. The fourth-order valence-corrected chi connectivity index (χ4v) is 2.18. The number of ether oxygens (including phenoxy) is 1. The molecule has 3 nitrogen and oxygen atoms in total. The van der Waals surface area contributed by atoms with Crippen molar-refractivity contribution < 1.29 is 4.74 Å². The van der Waals surface area contributed by atoms with Crippen LogP contribution in [0.5, 0.6) is 11.5 Å². The van der Waals surface area contributed by atoms with E-state index < -0.39 is 0 Å². The number of anilines is 1. The minimum atomic E-state index is 0.634. The molecular formula is C17H16N2O.